The zero-order chi connectivity index (χ0) is 11.8. The van der Waals surface area contributed by atoms with Crippen molar-refractivity contribution in [3.63, 3.8) is 0 Å². The average Bonchev–Trinajstić information content (AvgIpc) is 2.29. The Kier molecular flexibility index (Phi) is 6.46. The lowest BCUT2D eigenvalue weighted by Gasteiger charge is -2.18. The number of likely N-dealkylation sites (N-methyl/N-ethyl adjacent to an activating group) is 1. The minimum absolute atomic E-state index is 0.338. The zero-order valence-electron chi connectivity index (χ0n) is 10.0. The smallest absolute Gasteiger partial charge is 0.0622 e. The summed E-state index contributed by atoms with van der Waals surface area (Å²) in [6.45, 7) is 6.55. The summed E-state index contributed by atoms with van der Waals surface area (Å²) in [5.41, 5.74) is 1.18. The highest BCUT2D eigenvalue weighted by atomic mass is 35.5. The van der Waals surface area contributed by atoms with Gasteiger partial charge in [-0.15, -0.1) is 0 Å². The van der Waals surface area contributed by atoms with Crippen molar-refractivity contribution in [3.8, 4) is 0 Å². The first-order valence-electron chi connectivity index (χ1n) is 5.82. The second kappa shape index (κ2) is 7.66. The number of benzene rings is 1. The van der Waals surface area contributed by atoms with Gasteiger partial charge in [-0.3, -0.25) is 0 Å². The normalized spacial score (nSPS) is 12.7. The molecule has 0 saturated heterocycles. The summed E-state index contributed by atoms with van der Waals surface area (Å²) >= 11 is 6.13. The molecule has 0 aliphatic rings. The Labute approximate surface area is 103 Å². The fraction of sp³-hybridized carbons (Fsp3) is 0.538. The Hall–Kier alpha value is -0.570. The highest BCUT2D eigenvalue weighted by molar-refractivity contribution is 6.31. The second-order valence-electron chi connectivity index (χ2n) is 3.71. The molecule has 90 valence electrons. The highest BCUT2D eigenvalue weighted by Gasteiger charge is 2.10. The van der Waals surface area contributed by atoms with E-state index in [9.17, 15) is 0 Å². The van der Waals surface area contributed by atoms with Crippen LogP contribution in [0.15, 0.2) is 24.3 Å². The fourth-order valence-corrected chi connectivity index (χ4v) is 1.88. The van der Waals surface area contributed by atoms with Gasteiger partial charge in [0.05, 0.1) is 6.61 Å². The fourth-order valence-electron chi connectivity index (χ4n) is 1.67. The van der Waals surface area contributed by atoms with Crippen LogP contribution in [0.25, 0.3) is 0 Å². The van der Waals surface area contributed by atoms with Crippen molar-refractivity contribution in [1.82, 2.24) is 5.32 Å². The lowest BCUT2D eigenvalue weighted by atomic mass is 10.1. The molecule has 1 atom stereocenters. The summed E-state index contributed by atoms with van der Waals surface area (Å²) in [7, 11) is 0. The number of hydrogen-bond donors (Lipinski definition) is 1. The molecule has 1 aromatic rings. The van der Waals surface area contributed by atoms with Gasteiger partial charge in [-0.1, -0.05) is 36.7 Å². The molecule has 0 aliphatic heterocycles. The first-order valence-corrected chi connectivity index (χ1v) is 6.20. The van der Waals surface area contributed by atoms with Gasteiger partial charge < -0.3 is 10.1 Å². The number of nitrogens with one attached hydrogen (secondary N) is 1. The van der Waals surface area contributed by atoms with Gasteiger partial charge in [0.25, 0.3) is 0 Å². The third-order valence-corrected chi connectivity index (χ3v) is 2.81. The van der Waals surface area contributed by atoms with Crippen molar-refractivity contribution in [3.05, 3.63) is 34.9 Å². The van der Waals surface area contributed by atoms with Crippen molar-refractivity contribution >= 4 is 11.6 Å². The topological polar surface area (TPSA) is 21.3 Å². The Morgan fingerprint density at radius 2 is 2.06 bits per heavy atom. The largest absolute Gasteiger partial charge is 0.380 e. The van der Waals surface area contributed by atoms with E-state index in [1.54, 1.807) is 0 Å². The Balaban J connectivity index is 2.56. The molecule has 0 spiro atoms. The Morgan fingerprint density at radius 1 is 1.31 bits per heavy atom. The predicted molar refractivity (Wildman–Crippen MR) is 69.1 cm³/mol. The third kappa shape index (κ3) is 4.52. The number of hydrogen-bond acceptors (Lipinski definition) is 2. The third-order valence-electron chi connectivity index (χ3n) is 2.44. The van der Waals surface area contributed by atoms with E-state index in [-0.39, 0.29) is 0 Å². The van der Waals surface area contributed by atoms with Crippen LogP contribution in [0.5, 0.6) is 0 Å². The molecule has 0 aliphatic carbocycles. The molecular weight excluding hydrogens is 222 g/mol. The van der Waals surface area contributed by atoms with Crippen molar-refractivity contribution < 1.29 is 4.74 Å². The van der Waals surface area contributed by atoms with Crippen molar-refractivity contribution in [2.24, 2.45) is 0 Å². The van der Waals surface area contributed by atoms with Gasteiger partial charge in [0.1, 0.15) is 0 Å². The molecule has 0 heterocycles. The van der Waals surface area contributed by atoms with Crippen LogP contribution < -0.4 is 5.32 Å². The van der Waals surface area contributed by atoms with E-state index in [0.717, 1.165) is 31.2 Å². The van der Waals surface area contributed by atoms with Crippen LogP contribution in [0.4, 0.5) is 0 Å². The van der Waals surface area contributed by atoms with Gasteiger partial charge >= 0.3 is 0 Å². The molecule has 3 heteroatoms. The molecule has 0 fully saturated rings. The van der Waals surface area contributed by atoms with Crippen molar-refractivity contribution in [1.29, 1.82) is 0 Å². The van der Waals surface area contributed by atoms with Gasteiger partial charge in [0, 0.05) is 17.7 Å². The molecule has 2 nitrogen and oxygen atoms in total. The van der Waals surface area contributed by atoms with Crippen molar-refractivity contribution in [2.75, 3.05) is 19.8 Å². The molecule has 0 aromatic heterocycles. The second-order valence-corrected chi connectivity index (χ2v) is 4.12. The minimum atomic E-state index is 0.338. The Bertz CT molecular complexity index is 304. The van der Waals surface area contributed by atoms with Crippen LogP contribution in [0, 0.1) is 0 Å². The van der Waals surface area contributed by atoms with Crippen LogP contribution in [-0.4, -0.2) is 25.8 Å². The maximum Gasteiger partial charge on any atom is 0.0622 e. The van der Waals surface area contributed by atoms with E-state index in [1.807, 2.05) is 25.1 Å². The number of ether oxygens (including phenoxy) is 1. The van der Waals surface area contributed by atoms with Crippen LogP contribution in [-0.2, 0) is 11.2 Å². The number of halogens is 1. The van der Waals surface area contributed by atoms with E-state index in [2.05, 4.69) is 18.3 Å². The van der Waals surface area contributed by atoms with Gasteiger partial charge in [0.15, 0.2) is 0 Å². The Morgan fingerprint density at radius 3 is 2.69 bits per heavy atom. The number of rotatable bonds is 7. The molecule has 1 unspecified atom stereocenters. The monoisotopic (exact) mass is 241 g/mol. The first kappa shape index (κ1) is 13.5. The summed E-state index contributed by atoms with van der Waals surface area (Å²) in [6.07, 6.45) is 0.910. The molecule has 0 amide bonds. The molecule has 0 saturated carbocycles. The summed E-state index contributed by atoms with van der Waals surface area (Å²) in [6, 6.07) is 8.31. The predicted octanol–water partition coefficient (Wildman–Crippen LogP) is 2.90. The highest BCUT2D eigenvalue weighted by Crippen LogP contribution is 2.16. The zero-order valence-corrected chi connectivity index (χ0v) is 10.8. The molecular formula is C13H20ClNO. The first-order chi connectivity index (χ1) is 7.77. The van der Waals surface area contributed by atoms with Crippen LogP contribution in [0.2, 0.25) is 5.02 Å². The van der Waals surface area contributed by atoms with Gasteiger partial charge in [0.2, 0.25) is 0 Å². The van der Waals surface area contributed by atoms with Crippen LogP contribution in [0.1, 0.15) is 19.4 Å². The van der Waals surface area contributed by atoms with Gasteiger partial charge in [-0.25, -0.2) is 0 Å². The van der Waals surface area contributed by atoms with Gasteiger partial charge in [-0.2, -0.15) is 0 Å². The summed E-state index contributed by atoms with van der Waals surface area (Å²) in [5.74, 6) is 0. The van der Waals surface area contributed by atoms with E-state index in [4.69, 9.17) is 16.3 Å². The average molecular weight is 242 g/mol. The SMILES string of the molecule is CCNC(COCC)Cc1ccccc1Cl. The quantitative estimate of drug-likeness (QED) is 0.793. The molecule has 0 bridgehead atoms. The van der Waals surface area contributed by atoms with Crippen LogP contribution in [0.3, 0.4) is 0 Å². The maximum absolute atomic E-state index is 6.13. The van der Waals surface area contributed by atoms with E-state index in [1.165, 1.54) is 5.56 Å². The maximum atomic E-state index is 6.13. The summed E-state index contributed by atoms with van der Waals surface area (Å²) in [4.78, 5) is 0. The molecule has 1 aromatic carbocycles. The lowest BCUT2D eigenvalue weighted by Crippen LogP contribution is -2.35. The van der Waals surface area contributed by atoms with E-state index < -0.39 is 0 Å². The standard InChI is InChI=1S/C13H20ClNO/c1-3-15-12(10-16-4-2)9-11-7-5-6-8-13(11)14/h5-8,12,15H,3-4,9-10H2,1-2H3. The summed E-state index contributed by atoms with van der Waals surface area (Å²) in [5, 5.41) is 4.24. The van der Waals surface area contributed by atoms with Crippen molar-refractivity contribution in [2.45, 2.75) is 26.3 Å². The summed E-state index contributed by atoms with van der Waals surface area (Å²) < 4.78 is 5.45. The van der Waals surface area contributed by atoms with Crippen LogP contribution >= 0.6 is 11.6 Å². The molecule has 16 heavy (non-hydrogen) atoms. The minimum Gasteiger partial charge on any atom is -0.380 e. The lowest BCUT2D eigenvalue weighted by molar-refractivity contribution is 0.123. The van der Waals surface area contributed by atoms with Gasteiger partial charge in [-0.05, 0) is 31.5 Å². The molecule has 1 rings (SSSR count). The molecule has 0 radical (unpaired) electrons. The van der Waals surface area contributed by atoms with E-state index in [0.29, 0.717) is 6.04 Å². The van der Waals surface area contributed by atoms with E-state index >= 15 is 0 Å². The molecule has 1 N–H and O–H groups in total.